The van der Waals surface area contributed by atoms with Crippen LogP contribution in [-0.2, 0) is 20.0 Å². The summed E-state index contributed by atoms with van der Waals surface area (Å²) in [7, 11) is -6.28. The number of hydrogen-bond donors (Lipinski definition) is 2. The lowest BCUT2D eigenvalue weighted by atomic mass is 10.1. The van der Waals surface area contributed by atoms with Crippen LogP contribution in [0.3, 0.4) is 0 Å². The highest BCUT2D eigenvalue weighted by Gasteiger charge is 2.23. The van der Waals surface area contributed by atoms with Crippen molar-refractivity contribution < 1.29 is 26.1 Å². The first kappa shape index (κ1) is 22.6. The minimum absolute atomic E-state index is 0.0521. The molecule has 3 rings (SSSR count). The quantitative estimate of drug-likeness (QED) is 0.546. The Labute approximate surface area is 181 Å². The third-order valence-electron chi connectivity index (χ3n) is 4.75. The molecular formula is C20H23N3O6S2. The maximum atomic E-state index is 13.0. The smallest absolute Gasteiger partial charge is 0.263 e. The lowest BCUT2D eigenvalue weighted by Crippen LogP contribution is -2.17. The number of hydrogen-bond acceptors (Lipinski definition) is 7. The van der Waals surface area contributed by atoms with Gasteiger partial charge >= 0.3 is 0 Å². The van der Waals surface area contributed by atoms with Crippen LogP contribution < -0.4 is 14.2 Å². The molecule has 0 saturated heterocycles. The Balaban J connectivity index is 1.86. The molecule has 166 valence electrons. The van der Waals surface area contributed by atoms with Gasteiger partial charge in [-0.05, 0) is 74.7 Å². The largest absolute Gasteiger partial charge is 0.496 e. The van der Waals surface area contributed by atoms with Crippen molar-refractivity contribution in [2.75, 3.05) is 16.6 Å². The first-order valence-electron chi connectivity index (χ1n) is 9.18. The summed E-state index contributed by atoms with van der Waals surface area (Å²) in [6, 6.07) is 8.46. The Hall–Kier alpha value is -3.05. The van der Waals surface area contributed by atoms with Crippen molar-refractivity contribution in [3.63, 3.8) is 0 Å². The molecule has 9 nitrogen and oxygen atoms in total. The van der Waals surface area contributed by atoms with Crippen LogP contribution in [0.1, 0.15) is 22.5 Å². The van der Waals surface area contributed by atoms with Gasteiger partial charge < -0.3 is 9.26 Å². The first-order chi connectivity index (χ1) is 14.4. The predicted octanol–water partition coefficient (Wildman–Crippen LogP) is 3.52. The molecule has 0 aliphatic carbocycles. The molecule has 0 unspecified atom stereocenters. The first-order valence-corrected chi connectivity index (χ1v) is 12.1. The van der Waals surface area contributed by atoms with Crippen LogP contribution in [0.5, 0.6) is 5.75 Å². The van der Waals surface area contributed by atoms with E-state index in [0.29, 0.717) is 22.6 Å². The van der Waals surface area contributed by atoms with Crippen molar-refractivity contribution >= 4 is 31.6 Å². The number of aryl methyl sites for hydroxylation is 2. The predicted molar refractivity (Wildman–Crippen MR) is 117 cm³/mol. The molecule has 0 radical (unpaired) electrons. The Bertz CT molecular complexity index is 1330. The standard InChI is InChI=1S/C20H23N3O6S2/c1-12-10-18(28-5)14(3)15(4)20(12)31(26,27)22-16-6-8-17(9-7-16)30(24,25)23-19-11-13(2)29-21-19/h6-11,22H,1-5H3,(H,21,23). The summed E-state index contributed by atoms with van der Waals surface area (Å²) in [6.45, 7) is 6.83. The monoisotopic (exact) mass is 465 g/mol. The van der Waals surface area contributed by atoms with E-state index in [1.54, 1.807) is 33.8 Å². The summed E-state index contributed by atoms with van der Waals surface area (Å²) >= 11 is 0. The molecule has 2 N–H and O–H groups in total. The van der Waals surface area contributed by atoms with Gasteiger partial charge in [-0.15, -0.1) is 0 Å². The van der Waals surface area contributed by atoms with Crippen molar-refractivity contribution in [2.24, 2.45) is 0 Å². The molecule has 0 aliphatic heterocycles. The van der Waals surface area contributed by atoms with Crippen LogP contribution in [0, 0.1) is 27.7 Å². The zero-order valence-corrected chi connectivity index (χ0v) is 19.3. The van der Waals surface area contributed by atoms with Crippen molar-refractivity contribution in [1.29, 1.82) is 0 Å². The Morgan fingerprint density at radius 3 is 2.06 bits per heavy atom. The highest BCUT2D eigenvalue weighted by atomic mass is 32.2. The summed E-state index contributed by atoms with van der Waals surface area (Å²) < 4.78 is 65.9. The van der Waals surface area contributed by atoms with E-state index in [0.717, 1.165) is 5.56 Å². The second-order valence-corrected chi connectivity index (χ2v) is 10.3. The minimum Gasteiger partial charge on any atom is -0.496 e. The highest BCUT2D eigenvalue weighted by Crippen LogP contribution is 2.31. The molecule has 11 heteroatoms. The van der Waals surface area contributed by atoms with Gasteiger partial charge in [0.05, 0.1) is 16.9 Å². The zero-order valence-electron chi connectivity index (χ0n) is 17.7. The fraction of sp³-hybridized carbons (Fsp3) is 0.250. The van der Waals surface area contributed by atoms with Crippen molar-refractivity contribution in [2.45, 2.75) is 37.5 Å². The van der Waals surface area contributed by atoms with E-state index in [-0.39, 0.29) is 21.3 Å². The lowest BCUT2D eigenvalue weighted by molar-refractivity contribution is 0.400. The second kappa shape index (κ2) is 8.23. The average Bonchev–Trinajstić information content (AvgIpc) is 3.08. The van der Waals surface area contributed by atoms with Gasteiger partial charge in [-0.2, -0.15) is 0 Å². The number of nitrogens with zero attached hydrogens (tertiary/aromatic N) is 1. The summed E-state index contributed by atoms with van der Waals surface area (Å²) in [5.41, 5.74) is 2.07. The fourth-order valence-electron chi connectivity index (χ4n) is 3.17. The third-order valence-corrected chi connectivity index (χ3v) is 7.79. The van der Waals surface area contributed by atoms with E-state index in [4.69, 9.17) is 9.26 Å². The van der Waals surface area contributed by atoms with Gasteiger partial charge in [-0.3, -0.25) is 9.44 Å². The second-order valence-electron chi connectivity index (χ2n) is 7.03. The molecule has 1 heterocycles. The number of nitrogens with one attached hydrogen (secondary N) is 2. The van der Waals surface area contributed by atoms with Gasteiger partial charge in [0.25, 0.3) is 20.0 Å². The molecule has 0 bridgehead atoms. The Kier molecular flexibility index (Phi) is 6.01. The van der Waals surface area contributed by atoms with E-state index < -0.39 is 20.0 Å². The van der Waals surface area contributed by atoms with Gasteiger partial charge in [-0.1, -0.05) is 5.16 Å². The number of aromatic nitrogens is 1. The molecule has 0 spiro atoms. The number of ether oxygens (including phenoxy) is 1. The molecular weight excluding hydrogens is 442 g/mol. The van der Waals surface area contributed by atoms with Crippen molar-refractivity contribution in [3.8, 4) is 5.75 Å². The van der Waals surface area contributed by atoms with E-state index in [1.807, 2.05) is 0 Å². The van der Waals surface area contributed by atoms with Crippen LogP contribution in [0.4, 0.5) is 11.5 Å². The summed E-state index contributed by atoms with van der Waals surface area (Å²) in [5.74, 6) is 1.13. The van der Waals surface area contributed by atoms with Crippen LogP contribution in [-0.4, -0.2) is 29.1 Å². The molecule has 0 amide bonds. The van der Waals surface area contributed by atoms with E-state index in [9.17, 15) is 16.8 Å². The Morgan fingerprint density at radius 1 is 0.871 bits per heavy atom. The fourth-order valence-corrected chi connectivity index (χ4v) is 5.74. The minimum atomic E-state index is -3.91. The lowest BCUT2D eigenvalue weighted by Gasteiger charge is -2.17. The van der Waals surface area contributed by atoms with Gasteiger partial charge in [0.1, 0.15) is 11.5 Å². The Morgan fingerprint density at radius 2 is 1.52 bits per heavy atom. The topological polar surface area (TPSA) is 128 Å². The van der Waals surface area contributed by atoms with E-state index in [1.165, 1.54) is 37.4 Å². The van der Waals surface area contributed by atoms with Gasteiger partial charge in [0, 0.05) is 11.8 Å². The molecule has 0 atom stereocenters. The van der Waals surface area contributed by atoms with E-state index in [2.05, 4.69) is 14.6 Å². The van der Waals surface area contributed by atoms with Crippen LogP contribution in [0.25, 0.3) is 0 Å². The van der Waals surface area contributed by atoms with Crippen LogP contribution in [0.2, 0.25) is 0 Å². The third kappa shape index (κ3) is 4.67. The SMILES string of the molecule is COc1cc(C)c(S(=O)(=O)Nc2ccc(S(=O)(=O)Nc3cc(C)on3)cc2)c(C)c1C. The summed E-state index contributed by atoms with van der Waals surface area (Å²) in [4.78, 5) is 0.106. The molecule has 0 fully saturated rings. The highest BCUT2D eigenvalue weighted by molar-refractivity contribution is 7.93. The molecule has 2 aromatic carbocycles. The number of anilines is 2. The molecule has 0 aliphatic rings. The maximum absolute atomic E-state index is 13.0. The van der Waals surface area contributed by atoms with Crippen LogP contribution >= 0.6 is 0 Å². The van der Waals surface area contributed by atoms with Crippen LogP contribution in [0.15, 0.2) is 50.7 Å². The zero-order chi connectivity index (χ0) is 23.0. The molecule has 31 heavy (non-hydrogen) atoms. The van der Waals surface area contributed by atoms with Crippen molar-refractivity contribution in [3.05, 3.63) is 58.8 Å². The molecule has 0 saturated carbocycles. The van der Waals surface area contributed by atoms with Crippen molar-refractivity contribution in [1.82, 2.24) is 5.16 Å². The number of benzene rings is 2. The normalized spacial score (nSPS) is 11.9. The number of methoxy groups -OCH3 is 1. The molecule has 1 aromatic heterocycles. The molecule has 3 aromatic rings. The van der Waals surface area contributed by atoms with Gasteiger partial charge in [0.15, 0.2) is 5.82 Å². The number of sulfonamides is 2. The summed E-state index contributed by atoms with van der Waals surface area (Å²) in [5, 5.41) is 3.60. The maximum Gasteiger partial charge on any atom is 0.263 e. The van der Waals surface area contributed by atoms with Gasteiger partial charge in [0.2, 0.25) is 0 Å². The van der Waals surface area contributed by atoms with E-state index >= 15 is 0 Å². The average molecular weight is 466 g/mol. The summed E-state index contributed by atoms with van der Waals surface area (Å²) in [6.07, 6.45) is 0. The number of rotatable bonds is 7. The van der Waals surface area contributed by atoms with Gasteiger partial charge in [-0.25, -0.2) is 16.8 Å².